The van der Waals surface area contributed by atoms with Gasteiger partial charge in [0, 0.05) is 18.0 Å². The van der Waals surface area contributed by atoms with Gasteiger partial charge in [0.15, 0.2) is 0 Å². The van der Waals surface area contributed by atoms with Crippen LogP contribution < -0.4 is 0 Å². The molecule has 2 fully saturated rings. The molecular weight excluding hydrogens is 242 g/mol. The molecule has 0 aromatic carbocycles. The van der Waals surface area contributed by atoms with Gasteiger partial charge in [0.25, 0.3) is 0 Å². The van der Waals surface area contributed by atoms with Gasteiger partial charge >= 0.3 is 6.09 Å². The maximum atomic E-state index is 12.3. The van der Waals surface area contributed by atoms with E-state index in [1.54, 1.807) is 0 Å². The van der Waals surface area contributed by atoms with Crippen molar-refractivity contribution in [1.29, 1.82) is 0 Å². The lowest BCUT2D eigenvalue weighted by atomic mass is 9.64. The zero-order chi connectivity index (χ0) is 14.3. The smallest absolute Gasteiger partial charge is 0.410 e. The van der Waals surface area contributed by atoms with Crippen molar-refractivity contribution in [3.05, 3.63) is 0 Å². The molecule has 0 bridgehead atoms. The van der Waals surface area contributed by atoms with Crippen LogP contribution in [0.15, 0.2) is 0 Å². The molecule has 1 saturated heterocycles. The van der Waals surface area contributed by atoms with Gasteiger partial charge in [-0.2, -0.15) is 0 Å². The lowest BCUT2D eigenvalue weighted by molar-refractivity contribution is -0.0935. The third kappa shape index (κ3) is 2.88. The summed E-state index contributed by atoms with van der Waals surface area (Å²) in [4.78, 5) is 14.2. The number of amides is 1. The van der Waals surface area contributed by atoms with Gasteiger partial charge in [0.05, 0.1) is 6.10 Å². The number of carbonyl (C=O) groups is 1. The molecule has 1 N–H and O–H groups in total. The van der Waals surface area contributed by atoms with E-state index < -0.39 is 5.60 Å². The van der Waals surface area contributed by atoms with Crippen molar-refractivity contribution in [1.82, 2.24) is 4.90 Å². The zero-order valence-corrected chi connectivity index (χ0v) is 12.6. The standard InChI is InChI=1S/C15H27NO3/c1-14(2,3)19-13(18)16-10-6-9-15(4)11(16)7-5-8-12(15)17/h11-12,17H,5-10H2,1-4H3/t11-,12-,15+/m1/s1. The van der Waals surface area contributed by atoms with Gasteiger partial charge in [0.2, 0.25) is 0 Å². The summed E-state index contributed by atoms with van der Waals surface area (Å²) in [6.45, 7) is 8.55. The SMILES string of the molecule is CC(C)(C)OC(=O)N1CCC[C@]2(C)[C@H](O)CCC[C@@H]12. The fraction of sp³-hybridized carbons (Fsp3) is 0.933. The Morgan fingerprint density at radius 1 is 1.32 bits per heavy atom. The Balaban J connectivity index is 2.15. The number of hydrogen-bond acceptors (Lipinski definition) is 3. The van der Waals surface area contributed by atoms with Crippen LogP contribution in [0.4, 0.5) is 4.79 Å². The number of aliphatic hydroxyl groups excluding tert-OH is 1. The lowest BCUT2D eigenvalue weighted by Gasteiger charge is -2.53. The fourth-order valence-electron chi connectivity index (χ4n) is 3.56. The molecule has 2 rings (SSSR count). The number of hydrogen-bond donors (Lipinski definition) is 1. The predicted molar refractivity (Wildman–Crippen MR) is 73.9 cm³/mol. The molecule has 0 aromatic rings. The van der Waals surface area contributed by atoms with E-state index in [1.165, 1.54) is 0 Å². The summed E-state index contributed by atoms with van der Waals surface area (Å²) in [6.07, 6.45) is 4.25. The molecule has 110 valence electrons. The van der Waals surface area contributed by atoms with Crippen LogP contribution in [-0.2, 0) is 4.74 Å². The summed E-state index contributed by atoms with van der Waals surface area (Å²) < 4.78 is 5.51. The second-order valence-electron chi connectivity index (χ2n) is 7.25. The number of rotatable bonds is 0. The highest BCUT2D eigenvalue weighted by atomic mass is 16.6. The molecule has 0 unspecified atom stereocenters. The van der Waals surface area contributed by atoms with Gasteiger partial charge in [-0.15, -0.1) is 0 Å². The van der Waals surface area contributed by atoms with Crippen LogP contribution in [0.25, 0.3) is 0 Å². The van der Waals surface area contributed by atoms with Crippen molar-refractivity contribution < 1.29 is 14.6 Å². The molecule has 4 nitrogen and oxygen atoms in total. The second-order valence-corrected chi connectivity index (χ2v) is 7.25. The van der Waals surface area contributed by atoms with E-state index in [9.17, 15) is 9.90 Å². The molecule has 1 amide bonds. The highest BCUT2D eigenvalue weighted by Crippen LogP contribution is 2.45. The quantitative estimate of drug-likeness (QED) is 0.735. The summed E-state index contributed by atoms with van der Waals surface area (Å²) in [7, 11) is 0. The van der Waals surface area contributed by atoms with Crippen molar-refractivity contribution in [3.63, 3.8) is 0 Å². The Morgan fingerprint density at radius 3 is 2.63 bits per heavy atom. The normalized spacial score (nSPS) is 35.7. The monoisotopic (exact) mass is 269 g/mol. The molecule has 3 atom stereocenters. The summed E-state index contributed by atoms with van der Waals surface area (Å²) in [6, 6.07) is 0.125. The fourth-order valence-corrected chi connectivity index (χ4v) is 3.56. The molecule has 2 aliphatic rings. The summed E-state index contributed by atoms with van der Waals surface area (Å²) in [5.41, 5.74) is -0.619. The van der Waals surface area contributed by atoms with E-state index in [-0.39, 0.29) is 23.7 Å². The van der Waals surface area contributed by atoms with E-state index in [1.807, 2.05) is 25.7 Å². The van der Waals surface area contributed by atoms with Crippen LogP contribution in [0.3, 0.4) is 0 Å². The molecule has 1 saturated carbocycles. The van der Waals surface area contributed by atoms with Gasteiger partial charge in [-0.3, -0.25) is 0 Å². The number of ether oxygens (including phenoxy) is 1. The topological polar surface area (TPSA) is 49.8 Å². The highest BCUT2D eigenvalue weighted by molar-refractivity contribution is 5.69. The Morgan fingerprint density at radius 2 is 2.00 bits per heavy atom. The number of aliphatic hydroxyl groups is 1. The van der Waals surface area contributed by atoms with Crippen molar-refractivity contribution in [2.24, 2.45) is 5.41 Å². The number of nitrogens with zero attached hydrogens (tertiary/aromatic N) is 1. The number of fused-ring (bicyclic) bond motifs is 1. The largest absolute Gasteiger partial charge is 0.444 e. The minimum absolute atomic E-state index is 0.125. The molecule has 0 aromatic heterocycles. The van der Waals surface area contributed by atoms with Crippen LogP contribution in [0, 0.1) is 5.41 Å². The first-order valence-electron chi connectivity index (χ1n) is 7.42. The Kier molecular flexibility index (Phi) is 3.83. The van der Waals surface area contributed by atoms with E-state index in [2.05, 4.69) is 6.92 Å². The average molecular weight is 269 g/mol. The molecule has 19 heavy (non-hydrogen) atoms. The lowest BCUT2D eigenvalue weighted by Crippen LogP contribution is -2.60. The van der Waals surface area contributed by atoms with Crippen LogP contribution in [-0.4, -0.2) is 40.4 Å². The molecule has 4 heteroatoms. The summed E-state index contributed by atoms with van der Waals surface area (Å²) in [5, 5.41) is 10.3. The van der Waals surface area contributed by atoms with E-state index in [0.717, 1.165) is 38.6 Å². The Labute approximate surface area is 116 Å². The van der Waals surface area contributed by atoms with Gasteiger partial charge in [-0.05, 0) is 52.9 Å². The molecule has 1 aliphatic carbocycles. The van der Waals surface area contributed by atoms with Crippen LogP contribution in [0.1, 0.15) is 59.8 Å². The minimum Gasteiger partial charge on any atom is -0.444 e. The Bertz CT molecular complexity index is 350. The van der Waals surface area contributed by atoms with E-state index in [0.29, 0.717) is 0 Å². The molecule has 1 aliphatic heterocycles. The predicted octanol–water partition coefficient (Wildman–Crippen LogP) is 2.94. The second kappa shape index (κ2) is 4.97. The zero-order valence-electron chi connectivity index (χ0n) is 12.6. The third-order valence-electron chi connectivity index (χ3n) is 4.60. The van der Waals surface area contributed by atoms with Crippen molar-refractivity contribution in [3.8, 4) is 0 Å². The highest BCUT2D eigenvalue weighted by Gasteiger charge is 2.49. The molecule has 0 spiro atoms. The summed E-state index contributed by atoms with van der Waals surface area (Å²) >= 11 is 0. The van der Waals surface area contributed by atoms with Gasteiger partial charge in [-0.1, -0.05) is 6.92 Å². The van der Waals surface area contributed by atoms with Crippen molar-refractivity contribution in [2.75, 3.05) is 6.54 Å². The first-order chi connectivity index (χ1) is 8.74. The number of carbonyl (C=O) groups excluding carboxylic acids is 1. The molecule has 0 radical (unpaired) electrons. The first kappa shape index (κ1) is 14.6. The molecular formula is C15H27NO3. The van der Waals surface area contributed by atoms with Gasteiger partial charge in [-0.25, -0.2) is 4.79 Å². The minimum atomic E-state index is -0.460. The maximum Gasteiger partial charge on any atom is 0.410 e. The van der Waals surface area contributed by atoms with Crippen LogP contribution in [0.2, 0.25) is 0 Å². The van der Waals surface area contributed by atoms with Gasteiger partial charge in [0.1, 0.15) is 5.60 Å². The van der Waals surface area contributed by atoms with Crippen LogP contribution >= 0.6 is 0 Å². The van der Waals surface area contributed by atoms with Crippen LogP contribution in [0.5, 0.6) is 0 Å². The van der Waals surface area contributed by atoms with Gasteiger partial charge < -0.3 is 14.7 Å². The maximum absolute atomic E-state index is 12.3. The first-order valence-corrected chi connectivity index (χ1v) is 7.42. The molecule has 1 heterocycles. The van der Waals surface area contributed by atoms with Crippen molar-refractivity contribution in [2.45, 2.75) is 77.5 Å². The third-order valence-corrected chi connectivity index (χ3v) is 4.60. The number of piperidine rings is 1. The number of likely N-dealkylation sites (tertiary alicyclic amines) is 1. The summed E-state index contributed by atoms with van der Waals surface area (Å²) in [5.74, 6) is 0. The van der Waals surface area contributed by atoms with E-state index in [4.69, 9.17) is 4.74 Å². The van der Waals surface area contributed by atoms with Crippen molar-refractivity contribution >= 4 is 6.09 Å². The average Bonchev–Trinajstić information content (AvgIpc) is 2.27. The van der Waals surface area contributed by atoms with E-state index >= 15 is 0 Å². The Hall–Kier alpha value is -0.770.